The number of hydrogen-bond donors (Lipinski definition) is 2. The first kappa shape index (κ1) is 18.8. The molecule has 0 fully saturated rings. The second kappa shape index (κ2) is 8.57. The van der Waals surface area contributed by atoms with Gasteiger partial charge in [0, 0.05) is 49.6 Å². The summed E-state index contributed by atoms with van der Waals surface area (Å²) in [5.74, 6) is 0. The van der Waals surface area contributed by atoms with E-state index in [0.29, 0.717) is 19.5 Å². The zero-order valence-electron chi connectivity index (χ0n) is 15.1. The lowest BCUT2D eigenvalue weighted by Crippen LogP contribution is -2.28. The molecule has 0 saturated carbocycles. The van der Waals surface area contributed by atoms with Gasteiger partial charge in [-0.1, -0.05) is 30.3 Å². The number of aliphatic hydroxyl groups excluding tert-OH is 1. The predicted octanol–water partition coefficient (Wildman–Crippen LogP) is 2.69. The normalized spacial score (nSPS) is 12.1. The van der Waals surface area contributed by atoms with Gasteiger partial charge < -0.3 is 10.4 Å². The number of nitro benzene ring substituents is 1. The number of non-ortho nitro benzene ring substituents is 1. The highest BCUT2D eigenvalue weighted by Crippen LogP contribution is 2.24. The average molecular weight is 366 g/mol. The van der Waals surface area contributed by atoms with Gasteiger partial charge in [-0.2, -0.15) is 5.10 Å². The van der Waals surface area contributed by atoms with Crippen LogP contribution < -0.4 is 5.32 Å². The Morgan fingerprint density at radius 3 is 2.56 bits per heavy atom. The fraction of sp³-hybridized carbons (Fsp3) is 0.250. The van der Waals surface area contributed by atoms with Crippen LogP contribution in [-0.4, -0.2) is 32.5 Å². The third kappa shape index (κ3) is 4.99. The van der Waals surface area contributed by atoms with Crippen LogP contribution in [0.5, 0.6) is 0 Å². The van der Waals surface area contributed by atoms with E-state index in [2.05, 4.69) is 10.4 Å². The van der Waals surface area contributed by atoms with E-state index in [-0.39, 0.29) is 5.69 Å². The van der Waals surface area contributed by atoms with Crippen molar-refractivity contribution in [1.29, 1.82) is 0 Å². The maximum Gasteiger partial charge on any atom is 0.269 e. The minimum atomic E-state index is -0.480. The van der Waals surface area contributed by atoms with Crippen LogP contribution in [0.25, 0.3) is 11.3 Å². The number of nitrogens with zero attached hydrogens (tertiary/aromatic N) is 3. The Bertz CT molecular complexity index is 891. The van der Waals surface area contributed by atoms with Gasteiger partial charge in [-0.3, -0.25) is 14.8 Å². The fourth-order valence-electron chi connectivity index (χ4n) is 2.98. The van der Waals surface area contributed by atoms with Crippen molar-refractivity contribution in [2.24, 2.45) is 7.05 Å². The first-order chi connectivity index (χ1) is 13.0. The number of aromatic nitrogens is 2. The second-order valence-corrected chi connectivity index (χ2v) is 6.46. The lowest BCUT2D eigenvalue weighted by molar-refractivity contribution is -0.384. The van der Waals surface area contributed by atoms with Crippen molar-refractivity contribution < 1.29 is 10.0 Å². The van der Waals surface area contributed by atoms with Crippen LogP contribution >= 0.6 is 0 Å². The maximum atomic E-state index is 10.8. The molecule has 7 nitrogen and oxygen atoms in total. The monoisotopic (exact) mass is 366 g/mol. The van der Waals surface area contributed by atoms with Gasteiger partial charge in [0.1, 0.15) is 0 Å². The van der Waals surface area contributed by atoms with Gasteiger partial charge in [-0.15, -0.1) is 0 Å². The molecule has 140 valence electrons. The molecule has 0 aliphatic heterocycles. The number of hydrogen-bond acceptors (Lipinski definition) is 5. The number of nitrogens with one attached hydrogen (secondary N) is 1. The van der Waals surface area contributed by atoms with E-state index in [0.717, 1.165) is 22.4 Å². The van der Waals surface area contributed by atoms with Crippen molar-refractivity contribution in [3.8, 4) is 11.3 Å². The molecule has 3 aromatic rings. The minimum Gasteiger partial charge on any atom is -0.391 e. The quantitative estimate of drug-likeness (QED) is 0.472. The number of aliphatic hydroxyl groups is 1. The van der Waals surface area contributed by atoms with E-state index in [1.807, 2.05) is 43.6 Å². The lowest BCUT2D eigenvalue weighted by atomic mass is 10.1. The first-order valence-electron chi connectivity index (χ1n) is 8.73. The van der Waals surface area contributed by atoms with Crippen LogP contribution in [0.3, 0.4) is 0 Å². The summed E-state index contributed by atoms with van der Waals surface area (Å²) in [6, 6.07) is 16.2. The smallest absolute Gasteiger partial charge is 0.269 e. The Morgan fingerprint density at radius 1 is 1.19 bits per heavy atom. The van der Waals surface area contributed by atoms with E-state index >= 15 is 0 Å². The summed E-state index contributed by atoms with van der Waals surface area (Å²) in [5, 5.41) is 28.7. The first-order valence-corrected chi connectivity index (χ1v) is 8.73. The molecule has 0 aliphatic carbocycles. The Balaban J connectivity index is 1.61. The van der Waals surface area contributed by atoms with E-state index in [1.54, 1.807) is 16.8 Å². The molecule has 7 heteroatoms. The molecule has 1 aromatic heterocycles. The van der Waals surface area contributed by atoms with Gasteiger partial charge in [0.25, 0.3) is 5.69 Å². The van der Waals surface area contributed by atoms with Crippen LogP contribution in [0.2, 0.25) is 0 Å². The average Bonchev–Trinajstić information content (AvgIpc) is 3.03. The standard InChI is InChI=1S/C20H22N4O3/c1-23-14-17(12-21-13-19(25)11-15-5-3-2-4-6-15)20(22-23)16-7-9-18(10-8-16)24(26)27/h2-10,14,19,21,25H,11-13H2,1H3. The summed E-state index contributed by atoms with van der Waals surface area (Å²) in [7, 11) is 1.84. The maximum absolute atomic E-state index is 10.8. The molecule has 27 heavy (non-hydrogen) atoms. The van der Waals surface area contributed by atoms with Crippen LogP contribution in [-0.2, 0) is 20.0 Å². The molecule has 0 spiro atoms. The van der Waals surface area contributed by atoms with Gasteiger partial charge in [0.05, 0.1) is 16.7 Å². The summed E-state index contributed by atoms with van der Waals surface area (Å²) < 4.78 is 1.72. The summed E-state index contributed by atoms with van der Waals surface area (Å²) >= 11 is 0. The predicted molar refractivity (Wildman–Crippen MR) is 103 cm³/mol. The summed E-state index contributed by atoms with van der Waals surface area (Å²) in [5.41, 5.74) is 3.72. The summed E-state index contributed by atoms with van der Waals surface area (Å²) in [6.45, 7) is 1.01. The number of aryl methyl sites for hydroxylation is 1. The molecule has 0 aliphatic rings. The molecule has 0 bridgehead atoms. The molecule has 1 unspecified atom stereocenters. The SMILES string of the molecule is Cn1cc(CNCC(O)Cc2ccccc2)c(-c2ccc([N+](=O)[O-])cc2)n1. The molecule has 0 radical (unpaired) electrons. The Kier molecular flexibility index (Phi) is 5.95. The number of rotatable bonds is 8. The molecule has 1 heterocycles. The van der Waals surface area contributed by atoms with Crippen molar-refractivity contribution in [1.82, 2.24) is 15.1 Å². The fourth-order valence-corrected chi connectivity index (χ4v) is 2.98. The van der Waals surface area contributed by atoms with Crippen molar-refractivity contribution >= 4 is 5.69 Å². The molecular formula is C20H22N4O3. The van der Waals surface area contributed by atoms with Gasteiger partial charge in [-0.25, -0.2) is 0 Å². The largest absolute Gasteiger partial charge is 0.391 e. The third-order valence-electron chi connectivity index (χ3n) is 4.27. The second-order valence-electron chi connectivity index (χ2n) is 6.46. The molecule has 0 saturated heterocycles. The highest BCUT2D eigenvalue weighted by Gasteiger charge is 2.13. The van der Waals surface area contributed by atoms with Gasteiger partial charge in [0.2, 0.25) is 0 Å². The van der Waals surface area contributed by atoms with Gasteiger partial charge >= 0.3 is 0 Å². The van der Waals surface area contributed by atoms with Crippen molar-refractivity contribution in [3.63, 3.8) is 0 Å². The van der Waals surface area contributed by atoms with Crippen LogP contribution in [0.4, 0.5) is 5.69 Å². The van der Waals surface area contributed by atoms with E-state index < -0.39 is 11.0 Å². The van der Waals surface area contributed by atoms with Gasteiger partial charge in [0.15, 0.2) is 0 Å². The third-order valence-corrected chi connectivity index (χ3v) is 4.27. The highest BCUT2D eigenvalue weighted by molar-refractivity contribution is 5.64. The van der Waals surface area contributed by atoms with Crippen LogP contribution in [0.15, 0.2) is 60.8 Å². The molecule has 3 rings (SSSR count). The topological polar surface area (TPSA) is 93.2 Å². The van der Waals surface area contributed by atoms with E-state index in [4.69, 9.17) is 0 Å². The molecular weight excluding hydrogens is 344 g/mol. The Morgan fingerprint density at radius 2 is 1.89 bits per heavy atom. The van der Waals surface area contributed by atoms with E-state index in [1.165, 1.54) is 12.1 Å². The van der Waals surface area contributed by atoms with Crippen molar-refractivity contribution in [2.45, 2.75) is 19.1 Å². The van der Waals surface area contributed by atoms with Crippen molar-refractivity contribution in [2.75, 3.05) is 6.54 Å². The highest BCUT2D eigenvalue weighted by atomic mass is 16.6. The minimum absolute atomic E-state index is 0.0541. The number of nitro groups is 1. The van der Waals surface area contributed by atoms with Crippen molar-refractivity contribution in [3.05, 3.63) is 82.0 Å². The summed E-state index contributed by atoms with van der Waals surface area (Å²) in [4.78, 5) is 10.4. The lowest BCUT2D eigenvalue weighted by Gasteiger charge is -2.12. The van der Waals surface area contributed by atoms with E-state index in [9.17, 15) is 15.2 Å². The van der Waals surface area contributed by atoms with Crippen LogP contribution in [0.1, 0.15) is 11.1 Å². The molecule has 0 amide bonds. The summed E-state index contributed by atoms with van der Waals surface area (Å²) in [6.07, 6.45) is 2.02. The Labute approximate surface area is 157 Å². The Hall–Kier alpha value is -3.03. The molecule has 2 aromatic carbocycles. The van der Waals surface area contributed by atoms with Gasteiger partial charge in [-0.05, 0) is 24.1 Å². The zero-order valence-corrected chi connectivity index (χ0v) is 15.1. The molecule has 2 N–H and O–H groups in total. The zero-order chi connectivity index (χ0) is 19.2. The number of benzene rings is 2. The molecule has 1 atom stereocenters. The van der Waals surface area contributed by atoms with Crippen LogP contribution in [0, 0.1) is 10.1 Å².